The maximum Gasteiger partial charge on any atom is 1.00 e. The van der Waals surface area contributed by atoms with Crippen molar-refractivity contribution in [2.24, 2.45) is 0 Å². The monoisotopic (exact) mass is 458 g/mol. The smallest absolute Gasteiger partial charge is 0.748 e. The van der Waals surface area contributed by atoms with Crippen LogP contribution in [0.3, 0.4) is 0 Å². The maximum absolute atomic E-state index is 11.5. The number of hydrogen-bond donors (Lipinski definition) is 1. The molecule has 170 valence electrons. The van der Waals surface area contributed by atoms with Crippen LogP contribution in [-0.4, -0.2) is 29.4 Å². The van der Waals surface area contributed by atoms with Crippen LogP contribution in [0.15, 0.2) is 0 Å². The predicted octanol–water partition coefficient (Wildman–Crippen LogP) is 3.72. The van der Waals surface area contributed by atoms with Crippen LogP contribution in [0.1, 0.15) is 136 Å². The van der Waals surface area contributed by atoms with E-state index in [2.05, 4.69) is 13.8 Å². The van der Waals surface area contributed by atoms with Gasteiger partial charge in [0, 0.05) is 5.25 Å². The van der Waals surface area contributed by atoms with Crippen molar-refractivity contribution >= 4 is 10.1 Å². The van der Waals surface area contributed by atoms with Gasteiger partial charge in [0.2, 0.25) is 0 Å². The second kappa shape index (κ2) is 22.7. The van der Waals surface area contributed by atoms with Crippen LogP contribution in [0.5, 0.6) is 0 Å². The van der Waals surface area contributed by atoms with Gasteiger partial charge in [-0.1, -0.05) is 110 Å². The van der Waals surface area contributed by atoms with Gasteiger partial charge in [0.05, 0.1) is 16.2 Å². The molecule has 0 aliphatic carbocycles. The van der Waals surface area contributed by atoms with Crippen molar-refractivity contribution in [3.05, 3.63) is 0 Å². The van der Waals surface area contributed by atoms with Crippen molar-refractivity contribution in [3.63, 3.8) is 0 Å². The number of hydrogen-bond acceptors (Lipinski definition) is 4. The van der Waals surface area contributed by atoms with E-state index >= 15 is 0 Å². The van der Waals surface area contributed by atoms with E-state index in [4.69, 9.17) is 0 Å². The first-order valence-electron chi connectivity index (χ1n) is 12.0. The molecule has 0 bridgehead atoms. The summed E-state index contributed by atoms with van der Waals surface area (Å²) in [4.78, 5) is 0. The number of rotatable bonds is 21. The number of unbranched alkanes of at least 4 members (excludes halogenated alkanes) is 12. The van der Waals surface area contributed by atoms with Crippen LogP contribution in [-0.2, 0) is 10.1 Å². The van der Waals surface area contributed by atoms with Gasteiger partial charge in [0.15, 0.2) is 0 Å². The standard InChI is InChI=1S/C23H48O4S.K/c1-3-5-7-8-9-10-11-12-16-20-23(28(25,26)27)21-17-13-15-19-22(24)18-14-6-4-2;/h22-24H,3-21H2,1-2H3,(H,25,26,27);/q;+1/p-1. The average Bonchev–Trinajstić information content (AvgIpc) is 2.64. The Morgan fingerprint density at radius 1 is 0.621 bits per heavy atom. The Morgan fingerprint density at radius 3 is 1.38 bits per heavy atom. The van der Waals surface area contributed by atoms with Gasteiger partial charge in [-0.2, -0.15) is 0 Å². The van der Waals surface area contributed by atoms with Gasteiger partial charge in [0.1, 0.15) is 0 Å². The van der Waals surface area contributed by atoms with E-state index in [1.54, 1.807) is 0 Å². The molecule has 0 aromatic rings. The van der Waals surface area contributed by atoms with Crippen LogP contribution in [0.2, 0.25) is 0 Å². The van der Waals surface area contributed by atoms with Crippen molar-refractivity contribution in [1.82, 2.24) is 0 Å². The zero-order chi connectivity index (χ0) is 21.1. The molecule has 0 saturated carbocycles. The van der Waals surface area contributed by atoms with Gasteiger partial charge in [-0.3, -0.25) is 0 Å². The van der Waals surface area contributed by atoms with Crippen LogP contribution in [0.4, 0.5) is 0 Å². The second-order valence-corrected chi connectivity index (χ2v) is 10.2. The maximum atomic E-state index is 11.5. The summed E-state index contributed by atoms with van der Waals surface area (Å²) in [6.07, 6.45) is 19.1. The molecule has 2 unspecified atom stereocenters. The Labute approximate surface area is 224 Å². The quantitative estimate of drug-likeness (QED) is 0.162. The first-order valence-corrected chi connectivity index (χ1v) is 13.5. The minimum atomic E-state index is -4.19. The molecule has 0 fully saturated rings. The van der Waals surface area contributed by atoms with Crippen molar-refractivity contribution in [3.8, 4) is 0 Å². The normalized spacial score (nSPS) is 13.8. The van der Waals surface area contributed by atoms with Crippen LogP contribution >= 0.6 is 0 Å². The van der Waals surface area contributed by atoms with Gasteiger partial charge >= 0.3 is 51.4 Å². The van der Waals surface area contributed by atoms with Crippen molar-refractivity contribution in [2.45, 2.75) is 147 Å². The van der Waals surface area contributed by atoms with Crippen molar-refractivity contribution < 1.29 is 69.5 Å². The van der Waals surface area contributed by atoms with Crippen LogP contribution in [0, 0.1) is 0 Å². The predicted molar refractivity (Wildman–Crippen MR) is 119 cm³/mol. The topological polar surface area (TPSA) is 77.4 Å². The average molecular weight is 459 g/mol. The van der Waals surface area contributed by atoms with E-state index in [1.165, 1.54) is 44.9 Å². The molecule has 1 N–H and O–H groups in total. The zero-order valence-corrected chi connectivity index (χ0v) is 23.6. The Morgan fingerprint density at radius 2 is 0.931 bits per heavy atom. The third-order valence-corrected chi connectivity index (χ3v) is 7.03. The Bertz CT molecular complexity index is 429. The van der Waals surface area contributed by atoms with E-state index in [9.17, 15) is 18.1 Å². The van der Waals surface area contributed by atoms with Gasteiger partial charge in [0.25, 0.3) is 0 Å². The third-order valence-electron chi connectivity index (χ3n) is 5.74. The third kappa shape index (κ3) is 22.5. The fourth-order valence-electron chi connectivity index (χ4n) is 3.82. The fourth-order valence-corrected chi connectivity index (χ4v) is 4.73. The summed E-state index contributed by atoms with van der Waals surface area (Å²) in [6, 6.07) is 0. The summed E-state index contributed by atoms with van der Waals surface area (Å²) in [5.41, 5.74) is 0. The molecule has 0 amide bonds. The molecule has 0 heterocycles. The number of aliphatic hydroxyl groups is 1. The van der Waals surface area contributed by atoms with E-state index in [0.717, 1.165) is 64.2 Å². The molecular formula is C23H47KO4S. The molecule has 0 spiro atoms. The van der Waals surface area contributed by atoms with Crippen molar-refractivity contribution in [2.75, 3.05) is 0 Å². The largest absolute Gasteiger partial charge is 1.00 e. The Kier molecular flexibility index (Phi) is 25.6. The molecule has 29 heavy (non-hydrogen) atoms. The van der Waals surface area contributed by atoms with E-state index in [-0.39, 0.29) is 57.5 Å². The molecule has 0 aromatic carbocycles. The van der Waals surface area contributed by atoms with Crippen molar-refractivity contribution in [1.29, 1.82) is 0 Å². The summed E-state index contributed by atoms with van der Waals surface area (Å²) in [5, 5.41) is 9.20. The molecule has 0 aliphatic heterocycles. The molecule has 0 saturated heterocycles. The fraction of sp³-hybridized carbons (Fsp3) is 1.00. The summed E-state index contributed by atoms with van der Waals surface area (Å²) >= 11 is 0. The second-order valence-electron chi connectivity index (χ2n) is 8.52. The number of aliphatic hydroxyl groups excluding tert-OH is 1. The van der Waals surface area contributed by atoms with E-state index < -0.39 is 15.4 Å². The van der Waals surface area contributed by atoms with Gasteiger partial charge in [-0.05, 0) is 25.7 Å². The Balaban J connectivity index is 0. The van der Waals surface area contributed by atoms with Gasteiger partial charge in [-0.15, -0.1) is 0 Å². The molecule has 4 nitrogen and oxygen atoms in total. The van der Waals surface area contributed by atoms with Gasteiger partial charge in [-0.25, -0.2) is 8.42 Å². The molecular weight excluding hydrogens is 411 g/mol. The zero-order valence-electron chi connectivity index (χ0n) is 19.7. The minimum Gasteiger partial charge on any atom is -0.748 e. The molecule has 0 aliphatic rings. The first kappa shape index (κ1) is 32.7. The SMILES string of the molecule is CCCCCCCCCCCC(CCCCCC(O)CCCCC)S(=O)(=O)[O-].[K+]. The summed E-state index contributed by atoms with van der Waals surface area (Å²) < 4.78 is 34.6. The molecule has 0 aromatic heterocycles. The van der Waals surface area contributed by atoms with E-state index in [0.29, 0.717) is 12.8 Å². The molecule has 0 radical (unpaired) electrons. The first-order chi connectivity index (χ1) is 13.4. The summed E-state index contributed by atoms with van der Waals surface area (Å²) in [6.45, 7) is 4.38. The molecule has 6 heteroatoms. The molecule has 2 atom stereocenters. The van der Waals surface area contributed by atoms with Gasteiger partial charge < -0.3 is 9.66 Å². The van der Waals surface area contributed by atoms with Crippen LogP contribution < -0.4 is 51.4 Å². The van der Waals surface area contributed by atoms with Crippen LogP contribution in [0.25, 0.3) is 0 Å². The summed E-state index contributed by atoms with van der Waals surface area (Å²) in [7, 11) is -4.19. The minimum absolute atomic E-state index is 0. The summed E-state index contributed by atoms with van der Waals surface area (Å²) in [5.74, 6) is 0. The Hall–Kier alpha value is 1.51. The molecule has 0 rings (SSSR count). The van der Waals surface area contributed by atoms with E-state index in [1.807, 2.05) is 0 Å².